The number of aliphatic imine (C=N–C) groups is 1. The summed E-state index contributed by atoms with van der Waals surface area (Å²) in [6.07, 6.45) is 3.75. The quantitative estimate of drug-likeness (QED) is 0.706. The number of ether oxygens (including phenoxy) is 1. The van der Waals surface area contributed by atoms with Gasteiger partial charge in [0.05, 0.1) is 18.2 Å². The molecule has 5 heteroatoms. The van der Waals surface area contributed by atoms with Gasteiger partial charge in [0.1, 0.15) is 0 Å². The lowest BCUT2D eigenvalue weighted by atomic mass is 10.1. The van der Waals surface area contributed by atoms with E-state index in [2.05, 4.69) is 10.4 Å². The molecule has 0 aliphatic carbocycles. The fraction of sp³-hybridized carbons (Fsp3) is 0.455. The number of rotatable bonds is 2. The van der Waals surface area contributed by atoms with Gasteiger partial charge >= 0.3 is 5.97 Å². The highest BCUT2D eigenvalue weighted by Gasteiger charge is 2.33. The molecule has 0 aromatic heterocycles. The maximum atomic E-state index is 11.8. The Balaban J connectivity index is 2.36. The van der Waals surface area contributed by atoms with E-state index in [1.54, 1.807) is 11.9 Å². The van der Waals surface area contributed by atoms with Crippen molar-refractivity contribution in [2.75, 3.05) is 6.61 Å². The molecule has 0 saturated heterocycles. The Hall–Kier alpha value is -1.62. The zero-order chi connectivity index (χ0) is 11.7. The van der Waals surface area contributed by atoms with Gasteiger partial charge in [0, 0.05) is 11.9 Å². The van der Waals surface area contributed by atoms with Crippen molar-refractivity contribution >= 4 is 11.7 Å². The average molecular weight is 221 g/mol. The summed E-state index contributed by atoms with van der Waals surface area (Å²) in [6.45, 7) is 5.98. The second-order valence-corrected chi connectivity index (χ2v) is 3.75. The van der Waals surface area contributed by atoms with Gasteiger partial charge in [0.2, 0.25) is 0 Å². The van der Waals surface area contributed by atoms with Crippen molar-refractivity contribution in [3.8, 4) is 0 Å². The summed E-state index contributed by atoms with van der Waals surface area (Å²) in [7, 11) is 0. The number of esters is 1. The Morgan fingerprint density at radius 1 is 1.69 bits per heavy atom. The van der Waals surface area contributed by atoms with Gasteiger partial charge in [-0.3, -0.25) is 5.01 Å². The van der Waals surface area contributed by atoms with Gasteiger partial charge < -0.3 is 4.74 Å². The number of nitrogens with one attached hydrogen (secondary N) is 1. The Morgan fingerprint density at radius 2 is 2.44 bits per heavy atom. The molecule has 1 N–H and O–H groups in total. The fourth-order valence-electron chi connectivity index (χ4n) is 1.75. The predicted octanol–water partition coefficient (Wildman–Crippen LogP) is 0.958. The molecular weight excluding hydrogens is 206 g/mol. The van der Waals surface area contributed by atoms with Crippen LogP contribution in [0.15, 0.2) is 28.7 Å². The van der Waals surface area contributed by atoms with Crippen molar-refractivity contribution < 1.29 is 9.53 Å². The van der Waals surface area contributed by atoms with Gasteiger partial charge in [-0.2, -0.15) is 0 Å². The molecule has 0 spiro atoms. The van der Waals surface area contributed by atoms with Crippen LogP contribution in [0.1, 0.15) is 20.8 Å². The molecule has 0 amide bonds. The average Bonchev–Trinajstić information content (AvgIpc) is 2.53. The minimum atomic E-state index is -0.299. The molecule has 0 aromatic rings. The summed E-state index contributed by atoms with van der Waals surface area (Å²) in [5, 5.41) is 1.75. The Morgan fingerprint density at radius 3 is 3.12 bits per heavy atom. The molecule has 2 aliphatic rings. The third kappa shape index (κ3) is 1.74. The van der Waals surface area contributed by atoms with E-state index < -0.39 is 0 Å². The summed E-state index contributed by atoms with van der Waals surface area (Å²) in [4.78, 5) is 16.1. The third-order valence-electron chi connectivity index (χ3n) is 2.48. The molecule has 5 nitrogen and oxygen atoms in total. The first-order chi connectivity index (χ1) is 7.63. The van der Waals surface area contributed by atoms with E-state index in [-0.39, 0.29) is 12.0 Å². The van der Waals surface area contributed by atoms with Crippen LogP contribution in [0.2, 0.25) is 0 Å². The van der Waals surface area contributed by atoms with Crippen LogP contribution in [0.4, 0.5) is 0 Å². The third-order valence-corrected chi connectivity index (χ3v) is 2.48. The smallest absolute Gasteiger partial charge is 0.339 e. The first-order valence-corrected chi connectivity index (χ1v) is 5.33. The maximum absolute atomic E-state index is 11.8. The van der Waals surface area contributed by atoms with Gasteiger partial charge in [0.25, 0.3) is 0 Å². The van der Waals surface area contributed by atoms with Gasteiger partial charge in [0.15, 0.2) is 5.82 Å². The van der Waals surface area contributed by atoms with E-state index in [0.29, 0.717) is 18.0 Å². The summed E-state index contributed by atoms with van der Waals surface area (Å²) >= 11 is 0. The lowest BCUT2D eigenvalue weighted by molar-refractivity contribution is -0.138. The maximum Gasteiger partial charge on any atom is 0.339 e. The van der Waals surface area contributed by atoms with Crippen LogP contribution < -0.4 is 5.43 Å². The molecule has 0 aromatic carbocycles. The number of hydrazine groups is 1. The van der Waals surface area contributed by atoms with Crippen LogP contribution >= 0.6 is 0 Å². The molecule has 16 heavy (non-hydrogen) atoms. The normalized spacial score (nSPS) is 23.3. The SMILES string of the molecule is CCOC(=O)C1=C2N=C(C)C=CN2NC1C. The first-order valence-electron chi connectivity index (χ1n) is 5.33. The summed E-state index contributed by atoms with van der Waals surface area (Å²) in [6, 6.07) is -0.0756. The number of carbonyl (C=O) groups is 1. The highest BCUT2D eigenvalue weighted by molar-refractivity contribution is 5.97. The zero-order valence-corrected chi connectivity index (χ0v) is 9.65. The molecule has 2 aliphatic heterocycles. The molecule has 0 bridgehead atoms. The molecule has 1 unspecified atom stereocenters. The molecule has 0 radical (unpaired) electrons. The van der Waals surface area contributed by atoms with E-state index in [0.717, 1.165) is 5.71 Å². The van der Waals surface area contributed by atoms with Crippen molar-refractivity contribution in [1.82, 2.24) is 10.4 Å². The van der Waals surface area contributed by atoms with Crippen LogP contribution in [0.25, 0.3) is 0 Å². The number of carbonyl (C=O) groups excluding carboxylic acids is 1. The van der Waals surface area contributed by atoms with Gasteiger partial charge in [-0.15, -0.1) is 0 Å². The van der Waals surface area contributed by atoms with Gasteiger partial charge in [-0.1, -0.05) is 0 Å². The van der Waals surface area contributed by atoms with Crippen molar-refractivity contribution in [3.05, 3.63) is 23.7 Å². The van der Waals surface area contributed by atoms with E-state index in [1.807, 2.05) is 26.1 Å². The predicted molar refractivity (Wildman–Crippen MR) is 60.3 cm³/mol. The van der Waals surface area contributed by atoms with Gasteiger partial charge in [-0.05, 0) is 26.8 Å². The summed E-state index contributed by atoms with van der Waals surface area (Å²) < 4.78 is 5.02. The van der Waals surface area contributed by atoms with Crippen molar-refractivity contribution in [2.45, 2.75) is 26.8 Å². The Bertz CT molecular complexity index is 409. The number of nitrogens with zero attached hydrogens (tertiary/aromatic N) is 2. The van der Waals surface area contributed by atoms with Crippen LogP contribution in [-0.2, 0) is 9.53 Å². The standard InChI is InChI=1S/C11H15N3O2/c1-4-16-11(15)9-8(3)13-14-6-5-7(2)12-10(9)14/h5-6,8,13H,4H2,1-3H3. The minimum Gasteiger partial charge on any atom is -0.462 e. The molecule has 86 valence electrons. The largest absolute Gasteiger partial charge is 0.462 e. The Kier molecular flexibility index (Phi) is 2.78. The number of hydrogen-bond donors (Lipinski definition) is 1. The highest BCUT2D eigenvalue weighted by Crippen LogP contribution is 2.25. The van der Waals surface area contributed by atoms with Crippen LogP contribution in [-0.4, -0.2) is 29.3 Å². The number of hydrogen-bond acceptors (Lipinski definition) is 5. The Labute approximate surface area is 94.4 Å². The highest BCUT2D eigenvalue weighted by atomic mass is 16.5. The monoisotopic (exact) mass is 221 g/mol. The van der Waals surface area contributed by atoms with E-state index in [1.165, 1.54) is 0 Å². The second kappa shape index (κ2) is 4.09. The first kappa shape index (κ1) is 10.9. The summed E-state index contributed by atoms with van der Waals surface area (Å²) in [5.41, 5.74) is 4.60. The van der Waals surface area contributed by atoms with E-state index in [9.17, 15) is 4.79 Å². The van der Waals surface area contributed by atoms with Crippen LogP contribution in [0, 0.1) is 0 Å². The molecule has 2 heterocycles. The number of allylic oxidation sites excluding steroid dienone is 1. The lowest BCUT2D eigenvalue weighted by Gasteiger charge is -2.18. The molecule has 0 fully saturated rings. The molecule has 0 saturated carbocycles. The fourth-order valence-corrected chi connectivity index (χ4v) is 1.75. The molecule has 2 rings (SSSR count). The van der Waals surface area contributed by atoms with Crippen molar-refractivity contribution in [1.29, 1.82) is 0 Å². The molecule has 1 atom stereocenters. The topological polar surface area (TPSA) is 53.9 Å². The van der Waals surface area contributed by atoms with Crippen molar-refractivity contribution in [2.24, 2.45) is 4.99 Å². The van der Waals surface area contributed by atoms with E-state index >= 15 is 0 Å². The lowest BCUT2D eigenvalue weighted by Crippen LogP contribution is -2.33. The van der Waals surface area contributed by atoms with Crippen LogP contribution in [0.5, 0.6) is 0 Å². The van der Waals surface area contributed by atoms with Crippen LogP contribution in [0.3, 0.4) is 0 Å². The minimum absolute atomic E-state index is 0.0756. The van der Waals surface area contributed by atoms with Crippen molar-refractivity contribution in [3.63, 3.8) is 0 Å². The zero-order valence-electron chi connectivity index (χ0n) is 9.65. The second-order valence-electron chi connectivity index (χ2n) is 3.75. The molecular formula is C11H15N3O2. The summed E-state index contributed by atoms with van der Waals surface area (Å²) in [5.74, 6) is 0.345. The van der Waals surface area contributed by atoms with Gasteiger partial charge in [-0.25, -0.2) is 15.2 Å². The van der Waals surface area contributed by atoms with E-state index in [4.69, 9.17) is 4.74 Å². The number of fused-ring (bicyclic) bond motifs is 1.